The molecule has 2 heterocycles. The maximum atomic E-state index is 12.2. The Labute approximate surface area is 111 Å². The van der Waals surface area contributed by atoms with Gasteiger partial charge in [-0.3, -0.25) is 4.79 Å². The van der Waals surface area contributed by atoms with Gasteiger partial charge in [0.1, 0.15) is 12.6 Å². The molecule has 0 aromatic carbocycles. The van der Waals surface area contributed by atoms with Crippen molar-refractivity contribution in [3.63, 3.8) is 0 Å². The summed E-state index contributed by atoms with van der Waals surface area (Å²) in [7, 11) is 0. The summed E-state index contributed by atoms with van der Waals surface area (Å²) in [5.41, 5.74) is 0. The van der Waals surface area contributed by atoms with Crippen molar-refractivity contribution in [2.24, 2.45) is 0 Å². The molecule has 2 fully saturated rings. The molecular weight excluding hydrogens is 252 g/mol. The Morgan fingerprint density at radius 1 is 1.37 bits per heavy atom. The van der Waals surface area contributed by atoms with Gasteiger partial charge in [-0.1, -0.05) is 0 Å². The van der Waals surface area contributed by atoms with E-state index in [1.165, 1.54) is 0 Å². The molecule has 0 aliphatic carbocycles. The highest BCUT2D eigenvalue weighted by molar-refractivity contribution is 5.82. The summed E-state index contributed by atoms with van der Waals surface area (Å²) < 4.78 is 10.5. The SMILES string of the molecule is O=C(O)COC1CCN(C(=O)C2COCCN2)CC1. The van der Waals surface area contributed by atoms with E-state index in [9.17, 15) is 9.59 Å². The van der Waals surface area contributed by atoms with Gasteiger partial charge in [0.15, 0.2) is 0 Å². The summed E-state index contributed by atoms with van der Waals surface area (Å²) in [5, 5.41) is 11.7. The Balaban J connectivity index is 1.72. The van der Waals surface area contributed by atoms with Crippen molar-refractivity contribution < 1.29 is 24.2 Å². The van der Waals surface area contributed by atoms with Crippen LogP contribution in [0.1, 0.15) is 12.8 Å². The number of carbonyl (C=O) groups is 2. The van der Waals surface area contributed by atoms with E-state index in [1.54, 1.807) is 4.90 Å². The van der Waals surface area contributed by atoms with Crippen LogP contribution >= 0.6 is 0 Å². The number of hydrogen-bond donors (Lipinski definition) is 2. The third-order valence-corrected chi connectivity index (χ3v) is 3.42. The van der Waals surface area contributed by atoms with E-state index in [2.05, 4.69) is 5.32 Å². The van der Waals surface area contributed by atoms with Crippen LogP contribution in [0.4, 0.5) is 0 Å². The second-order valence-corrected chi connectivity index (χ2v) is 4.81. The van der Waals surface area contributed by atoms with Gasteiger partial charge in [-0.15, -0.1) is 0 Å². The van der Waals surface area contributed by atoms with Crippen molar-refractivity contribution in [2.45, 2.75) is 25.0 Å². The minimum atomic E-state index is -0.956. The number of amides is 1. The van der Waals surface area contributed by atoms with E-state index in [4.69, 9.17) is 14.6 Å². The number of morpholine rings is 1. The Hall–Kier alpha value is -1.18. The van der Waals surface area contributed by atoms with Crippen LogP contribution in [0.3, 0.4) is 0 Å². The molecule has 19 heavy (non-hydrogen) atoms. The second-order valence-electron chi connectivity index (χ2n) is 4.81. The first-order chi connectivity index (χ1) is 9.16. The first kappa shape index (κ1) is 14.2. The number of carboxylic acid groups (broad SMARTS) is 1. The standard InChI is InChI=1S/C12H20N2O5/c15-11(16)8-19-9-1-4-14(5-2-9)12(17)10-7-18-6-3-13-10/h9-10,13H,1-8H2,(H,15,16). The molecule has 0 saturated carbocycles. The van der Waals surface area contributed by atoms with Crippen molar-refractivity contribution in [3.05, 3.63) is 0 Å². The molecule has 2 aliphatic heterocycles. The van der Waals surface area contributed by atoms with Gasteiger partial charge in [0.2, 0.25) is 5.91 Å². The van der Waals surface area contributed by atoms with Crippen molar-refractivity contribution in [1.29, 1.82) is 0 Å². The van der Waals surface area contributed by atoms with Gasteiger partial charge in [-0.05, 0) is 12.8 Å². The summed E-state index contributed by atoms with van der Waals surface area (Å²) in [6.45, 7) is 2.73. The first-order valence-corrected chi connectivity index (χ1v) is 6.60. The molecule has 1 unspecified atom stereocenters. The van der Waals surface area contributed by atoms with Gasteiger partial charge in [0.05, 0.1) is 19.3 Å². The van der Waals surface area contributed by atoms with Crippen LogP contribution < -0.4 is 5.32 Å². The van der Waals surface area contributed by atoms with Crippen LogP contribution in [0.25, 0.3) is 0 Å². The molecule has 108 valence electrons. The van der Waals surface area contributed by atoms with Gasteiger partial charge in [0.25, 0.3) is 0 Å². The maximum absolute atomic E-state index is 12.2. The number of carboxylic acids is 1. The number of rotatable bonds is 4. The van der Waals surface area contributed by atoms with Crippen molar-refractivity contribution in [1.82, 2.24) is 10.2 Å². The Morgan fingerprint density at radius 2 is 2.11 bits per heavy atom. The smallest absolute Gasteiger partial charge is 0.329 e. The molecule has 0 aromatic heterocycles. The van der Waals surface area contributed by atoms with E-state index in [0.717, 1.165) is 0 Å². The lowest BCUT2D eigenvalue weighted by Crippen LogP contribution is -2.54. The topological polar surface area (TPSA) is 88.1 Å². The normalized spacial score (nSPS) is 25.3. The monoisotopic (exact) mass is 272 g/mol. The van der Waals surface area contributed by atoms with Crippen LogP contribution in [-0.2, 0) is 19.1 Å². The lowest BCUT2D eigenvalue weighted by molar-refractivity contribution is -0.147. The Bertz CT molecular complexity index is 322. The van der Waals surface area contributed by atoms with Crippen molar-refractivity contribution in [2.75, 3.05) is 39.5 Å². The van der Waals surface area contributed by atoms with Gasteiger partial charge < -0.3 is 24.8 Å². The van der Waals surface area contributed by atoms with E-state index >= 15 is 0 Å². The molecule has 7 nitrogen and oxygen atoms in total. The number of likely N-dealkylation sites (tertiary alicyclic amines) is 1. The predicted molar refractivity (Wildman–Crippen MR) is 65.8 cm³/mol. The number of nitrogens with zero attached hydrogens (tertiary/aromatic N) is 1. The predicted octanol–water partition coefficient (Wildman–Crippen LogP) is -0.933. The number of hydrogen-bond acceptors (Lipinski definition) is 5. The number of nitrogens with one attached hydrogen (secondary N) is 1. The van der Waals surface area contributed by atoms with Gasteiger partial charge >= 0.3 is 5.97 Å². The fourth-order valence-corrected chi connectivity index (χ4v) is 2.38. The average Bonchev–Trinajstić information content (AvgIpc) is 2.46. The summed E-state index contributed by atoms with van der Waals surface area (Å²) in [5.74, 6) is -0.890. The van der Waals surface area contributed by atoms with E-state index in [1.807, 2.05) is 0 Å². The minimum absolute atomic E-state index is 0.0595. The zero-order valence-electron chi connectivity index (χ0n) is 10.8. The fraction of sp³-hybridized carbons (Fsp3) is 0.833. The van der Waals surface area contributed by atoms with E-state index in [0.29, 0.717) is 45.7 Å². The highest BCUT2D eigenvalue weighted by Gasteiger charge is 2.29. The summed E-state index contributed by atoms with van der Waals surface area (Å²) >= 11 is 0. The molecule has 2 N–H and O–H groups in total. The third kappa shape index (κ3) is 4.15. The van der Waals surface area contributed by atoms with Crippen LogP contribution in [0, 0.1) is 0 Å². The quantitative estimate of drug-likeness (QED) is 0.687. The molecule has 7 heteroatoms. The average molecular weight is 272 g/mol. The number of aliphatic carboxylic acids is 1. The lowest BCUT2D eigenvalue weighted by atomic mass is 10.1. The molecule has 2 saturated heterocycles. The number of ether oxygens (including phenoxy) is 2. The molecular formula is C12H20N2O5. The Morgan fingerprint density at radius 3 is 2.68 bits per heavy atom. The van der Waals surface area contributed by atoms with E-state index < -0.39 is 5.97 Å². The molecule has 1 amide bonds. The molecule has 0 radical (unpaired) electrons. The lowest BCUT2D eigenvalue weighted by Gasteiger charge is -2.35. The molecule has 0 aromatic rings. The van der Waals surface area contributed by atoms with E-state index in [-0.39, 0.29) is 24.7 Å². The highest BCUT2D eigenvalue weighted by atomic mass is 16.5. The van der Waals surface area contributed by atoms with Gasteiger partial charge in [-0.2, -0.15) is 0 Å². The van der Waals surface area contributed by atoms with Crippen LogP contribution in [0.15, 0.2) is 0 Å². The van der Waals surface area contributed by atoms with Gasteiger partial charge in [-0.25, -0.2) is 4.79 Å². The zero-order chi connectivity index (χ0) is 13.7. The minimum Gasteiger partial charge on any atom is -0.480 e. The molecule has 2 aliphatic rings. The summed E-state index contributed by atoms with van der Waals surface area (Å²) in [6.07, 6.45) is 1.31. The van der Waals surface area contributed by atoms with Crippen LogP contribution in [0.2, 0.25) is 0 Å². The zero-order valence-corrected chi connectivity index (χ0v) is 10.8. The van der Waals surface area contributed by atoms with Crippen molar-refractivity contribution >= 4 is 11.9 Å². The second kappa shape index (κ2) is 6.83. The first-order valence-electron chi connectivity index (χ1n) is 6.60. The molecule has 1 atom stereocenters. The van der Waals surface area contributed by atoms with Crippen LogP contribution in [0.5, 0.6) is 0 Å². The summed E-state index contributed by atoms with van der Waals surface area (Å²) in [4.78, 5) is 24.4. The van der Waals surface area contributed by atoms with Crippen molar-refractivity contribution in [3.8, 4) is 0 Å². The number of piperidine rings is 1. The maximum Gasteiger partial charge on any atom is 0.329 e. The third-order valence-electron chi connectivity index (χ3n) is 3.42. The summed E-state index contributed by atoms with van der Waals surface area (Å²) in [6, 6.07) is -0.245. The highest BCUT2D eigenvalue weighted by Crippen LogP contribution is 2.15. The van der Waals surface area contributed by atoms with Crippen LogP contribution in [-0.4, -0.2) is 73.5 Å². The Kier molecular flexibility index (Phi) is 5.12. The number of carbonyl (C=O) groups excluding carboxylic acids is 1. The van der Waals surface area contributed by atoms with Gasteiger partial charge in [0, 0.05) is 19.6 Å². The fourth-order valence-electron chi connectivity index (χ4n) is 2.38. The molecule has 0 bridgehead atoms. The molecule has 0 spiro atoms. The largest absolute Gasteiger partial charge is 0.480 e. The molecule has 2 rings (SSSR count).